The molecule has 0 aliphatic rings. The molecule has 100 valence electrons. The molecule has 3 N–H and O–H groups in total. The first-order chi connectivity index (χ1) is 8.39. The first kappa shape index (κ1) is 14.3. The standard InChI is InChI=1S/C11H13F3N2O2/c1-18-9-3-2-7(12)4-8(9)10(17)16-6-11(13,14)5-15/h2-4H,5-6,15H2,1H3,(H,16,17). The second-order valence-corrected chi connectivity index (χ2v) is 3.59. The molecule has 0 aromatic heterocycles. The van der Waals surface area contributed by atoms with Crippen LogP contribution in [0.1, 0.15) is 10.4 Å². The van der Waals surface area contributed by atoms with Gasteiger partial charge in [-0.15, -0.1) is 0 Å². The number of methoxy groups -OCH3 is 1. The van der Waals surface area contributed by atoms with Crippen LogP contribution in [0.25, 0.3) is 0 Å². The summed E-state index contributed by atoms with van der Waals surface area (Å²) in [5, 5.41) is 1.98. The van der Waals surface area contributed by atoms with E-state index >= 15 is 0 Å². The number of carbonyl (C=O) groups is 1. The van der Waals surface area contributed by atoms with Gasteiger partial charge >= 0.3 is 0 Å². The quantitative estimate of drug-likeness (QED) is 0.837. The molecule has 0 unspecified atom stereocenters. The van der Waals surface area contributed by atoms with Crippen molar-refractivity contribution in [2.24, 2.45) is 5.73 Å². The van der Waals surface area contributed by atoms with Crippen molar-refractivity contribution in [1.29, 1.82) is 0 Å². The minimum atomic E-state index is -3.20. The number of amides is 1. The van der Waals surface area contributed by atoms with E-state index in [0.717, 1.165) is 12.1 Å². The van der Waals surface area contributed by atoms with E-state index in [1.807, 2.05) is 5.32 Å². The van der Waals surface area contributed by atoms with Crippen molar-refractivity contribution in [2.45, 2.75) is 5.92 Å². The molecule has 4 nitrogen and oxygen atoms in total. The highest BCUT2D eigenvalue weighted by molar-refractivity contribution is 5.96. The number of alkyl halides is 2. The minimum absolute atomic E-state index is 0.102. The first-order valence-electron chi connectivity index (χ1n) is 5.09. The molecular weight excluding hydrogens is 249 g/mol. The molecule has 0 radical (unpaired) electrons. The van der Waals surface area contributed by atoms with E-state index < -0.39 is 30.7 Å². The molecule has 0 aliphatic carbocycles. The number of hydrogen-bond donors (Lipinski definition) is 2. The maximum atomic E-state index is 13.0. The van der Waals surface area contributed by atoms with Gasteiger partial charge in [0, 0.05) is 0 Å². The molecule has 18 heavy (non-hydrogen) atoms. The molecule has 1 rings (SSSR count). The topological polar surface area (TPSA) is 64.3 Å². The molecule has 0 bridgehead atoms. The lowest BCUT2D eigenvalue weighted by molar-refractivity contribution is 0.0118. The van der Waals surface area contributed by atoms with Gasteiger partial charge in [0.1, 0.15) is 11.6 Å². The van der Waals surface area contributed by atoms with E-state index in [1.54, 1.807) is 0 Å². The average molecular weight is 262 g/mol. The fourth-order valence-electron chi connectivity index (χ4n) is 1.23. The lowest BCUT2D eigenvalue weighted by Crippen LogP contribution is -2.41. The van der Waals surface area contributed by atoms with Crippen molar-refractivity contribution in [3.05, 3.63) is 29.6 Å². The molecule has 0 saturated carbocycles. The Balaban J connectivity index is 2.81. The smallest absolute Gasteiger partial charge is 0.277 e. The van der Waals surface area contributed by atoms with E-state index in [0.29, 0.717) is 0 Å². The van der Waals surface area contributed by atoms with Gasteiger partial charge in [-0.25, -0.2) is 13.2 Å². The summed E-state index contributed by atoms with van der Waals surface area (Å²) in [6, 6.07) is 3.25. The summed E-state index contributed by atoms with van der Waals surface area (Å²) in [4.78, 5) is 11.6. The number of carbonyl (C=O) groups excluding carboxylic acids is 1. The van der Waals surface area contributed by atoms with Gasteiger partial charge in [0.2, 0.25) is 0 Å². The number of ether oxygens (including phenoxy) is 1. The fraction of sp³-hybridized carbons (Fsp3) is 0.364. The van der Waals surface area contributed by atoms with E-state index in [-0.39, 0.29) is 11.3 Å². The van der Waals surface area contributed by atoms with Crippen LogP contribution < -0.4 is 15.8 Å². The second kappa shape index (κ2) is 5.72. The van der Waals surface area contributed by atoms with Crippen LogP contribution in [-0.2, 0) is 0 Å². The van der Waals surface area contributed by atoms with Gasteiger partial charge in [0.05, 0.1) is 25.8 Å². The monoisotopic (exact) mass is 262 g/mol. The Bertz CT molecular complexity index is 438. The van der Waals surface area contributed by atoms with Gasteiger partial charge in [-0.1, -0.05) is 0 Å². The zero-order valence-electron chi connectivity index (χ0n) is 9.67. The molecule has 0 saturated heterocycles. The van der Waals surface area contributed by atoms with E-state index in [2.05, 4.69) is 0 Å². The zero-order valence-corrected chi connectivity index (χ0v) is 9.67. The van der Waals surface area contributed by atoms with Crippen LogP contribution in [0, 0.1) is 5.82 Å². The molecule has 1 aromatic carbocycles. The Hall–Kier alpha value is -1.76. The molecule has 0 atom stereocenters. The van der Waals surface area contributed by atoms with Crippen LogP contribution in [0.2, 0.25) is 0 Å². The highest BCUT2D eigenvalue weighted by Crippen LogP contribution is 2.19. The average Bonchev–Trinajstić information content (AvgIpc) is 2.36. The van der Waals surface area contributed by atoms with Gasteiger partial charge < -0.3 is 15.8 Å². The van der Waals surface area contributed by atoms with Crippen molar-refractivity contribution in [3.8, 4) is 5.75 Å². The van der Waals surface area contributed by atoms with Crippen LogP contribution >= 0.6 is 0 Å². The highest BCUT2D eigenvalue weighted by Gasteiger charge is 2.27. The van der Waals surface area contributed by atoms with Crippen LogP contribution in [0.5, 0.6) is 5.75 Å². The number of rotatable bonds is 5. The number of nitrogens with one attached hydrogen (secondary N) is 1. The Labute approximate surface area is 102 Å². The summed E-state index contributed by atoms with van der Waals surface area (Å²) < 4.78 is 43.5. The molecule has 1 amide bonds. The maximum absolute atomic E-state index is 13.0. The van der Waals surface area contributed by atoms with Crippen molar-refractivity contribution >= 4 is 5.91 Å². The van der Waals surface area contributed by atoms with Gasteiger partial charge in [0.15, 0.2) is 0 Å². The lowest BCUT2D eigenvalue weighted by Gasteiger charge is -2.15. The van der Waals surface area contributed by atoms with Gasteiger partial charge in [0.25, 0.3) is 11.8 Å². The first-order valence-corrected chi connectivity index (χ1v) is 5.09. The van der Waals surface area contributed by atoms with Gasteiger partial charge in [-0.2, -0.15) is 0 Å². The molecule has 1 aromatic rings. The summed E-state index contributed by atoms with van der Waals surface area (Å²) >= 11 is 0. The Morgan fingerprint density at radius 1 is 1.50 bits per heavy atom. The largest absolute Gasteiger partial charge is 0.496 e. The third-order valence-electron chi connectivity index (χ3n) is 2.21. The summed E-state index contributed by atoms with van der Waals surface area (Å²) in [6.45, 7) is -1.80. The number of halogens is 3. The Kier molecular flexibility index (Phi) is 4.55. The summed E-state index contributed by atoms with van der Waals surface area (Å²) in [6.07, 6.45) is 0. The highest BCUT2D eigenvalue weighted by atomic mass is 19.3. The molecule has 0 aliphatic heterocycles. The van der Waals surface area contributed by atoms with Crippen molar-refractivity contribution < 1.29 is 22.7 Å². The molecule has 0 spiro atoms. The van der Waals surface area contributed by atoms with Crippen LogP contribution in [0.3, 0.4) is 0 Å². The van der Waals surface area contributed by atoms with Crippen LogP contribution in [0.15, 0.2) is 18.2 Å². The maximum Gasteiger partial charge on any atom is 0.277 e. The normalized spacial score (nSPS) is 11.2. The molecule has 7 heteroatoms. The minimum Gasteiger partial charge on any atom is -0.496 e. The fourth-order valence-corrected chi connectivity index (χ4v) is 1.23. The molecule has 0 fully saturated rings. The predicted octanol–water partition coefficient (Wildman–Crippen LogP) is 1.16. The van der Waals surface area contributed by atoms with E-state index in [4.69, 9.17) is 10.5 Å². The Morgan fingerprint density at radius 3 is 2.72 bits per heavy atom. The lowest BCUT2D eigenvalue weighted by atomic mass is 10.1. The van der Waals surface area contributed by atoms with Gasteiger partial charge in [-0.05, 0) is 18.2 Å². The summed E-state index contributed by atoms with van der Waals surface area (Å²) in [5.41, 5.74) is 4.68. The van der Waals surface area contributed by atoms with Crippen molar-refractivity contribution in [1.82, 2.24) is 5.32 Å². The number of hydrogen-bond acceptors (Lipinski definition) is 3. The van der Waals surface area contributed by atoms with E-state index in [1.165, 1.54) is 13.2 Å². The third-order valence-corrected chi connectivity index (χ3v) is 2.21. The summed E-state index contributed by atoms with van der Waals surface area (Å²) in [7, 11) is 1.29. The number of nitrogens with two attached hydrogens (primary N) is 1. The molecule has 0 heterocycles. The second-order valence-electron chi connectivity index (χ2n) is 3.59. The third kappa shape index (κ3) is 3.63. The SMILES string of the molecule is COc1ccc(F)cc1C(=O)NCC(F)(F)CN. The Morgan fingerprint density at radius 2 is 2.17 bits per heavy atom. The number of benzene rings is 1. The predicted molar refractivity (Wildman–Crippen MR) is 59.3 cm³/mol. The van der Waals surface area contributed by atoms with Crippen molar-refractivity contribution in [2.75, 3.05) is 20.2 Å². The van der Waals surface area contributed by atoms with Gasteiger partial charge in [-0.3, -0.25) is 4.79 Å². The zero-order chi connectivity index (χ0) is 13.8. The van der Waals surface area contributed by atoms with Crippen molar-refractivity contribution in [3.63, 3.8) is 0 Å². The summed E-state index contributed by atoms with van der Waals surface area (Å²) in [5.74, 6) is -4.60. The van der Waals surface area contributed by atoms with E-state index in [9.17, 15) is 18.0 Å². The molecular formula is C11H13F3N2O2. The van der Waals surface area contributed by atoms with Crippen LogP contribution in [-0.4, -0.2) is 32.0 Å². The van der Waals surface area contributed by atoms with Crippen LogP contribution in [0.4, 0.5) is 13.2 Å².